The molecule has 1 aliphatic heterocycles. The summed E-state index contributed by atoms with van der Waals surface area (Å²) in [5.74, 6) is -0.265. The van der Waals surface area contributed by atoms with Gasteiger partial charge in [0.25, 0.3) is 0 Å². The van der Waals surface area contributed by atoms with Gasteiger partial charge in [-0.2, -0.15) is 0 Å². The van der Waals surface area contributed by atoms with Crippen LogP contribution in [0.15, 0.2) is 35.7 Å². The number of amides is 2. The van der Waals surface area contributed by atoms with Crippen LogP contribution < -0.4 is 10.6 Å². The van der Waals surface area contributed by atoms with Gasteiger partial charge in [0.15, 0.2) is 5.13 Å². The topological polar surface area (TPSA) is 79.5 Å². The van der Waals surface area contributed by atoms with Gasteiger partial charge in [-0.1, -0.05) is 18.2 Å². The number of benzene rings is 1. The molecule has 132 valence electrons. The van der Waals surface area contributed by atoms with E-state index < -0.39 is 0 Å². The Morgan fingerprint density at radius 3 is 2.56 bits per heavy atom. The summed E-state index contributed by atoms with van der Waals surface area (Å²) in [6.45, 7) is 3.95. The van der Waals surface area contributed by atoms with E-state index >= 15 is 0 Å². The lowest BCUT2D eigenvalue weighted by Gasteiger charge is -2.29. The quantitative estimate of drug-likeness (QED) is 0.891. The van der Waals surface area contributed by atoms with Crippen molar-refractivity contribution in [3.05, 3.63) is 41.4 Å². The van der Waals surface area contributed by atoms with Crippen molar-refractivity contribution in [2.45, 2.75) is 26.3 Å². The third-order valence-corrected chi connectivity index (χ3v) is 5.31. The molecule has 1 fully saturated rings. The van der Waals surface area contributed by atoms with Crippen LogP contribution in [-0.4, -0.2) is 34.8 Å². The van der Waals surface area contributed by atoms with Gasteiger partial charge in [-0.3, -0.25) is 19.4 Å². The molecule has 2 N–H and O–H groups in total. The molecule has 0 unspecified atom stereocenters. The number of nitrogens with two attached hydrogens (primary N) is 1. The summed E-state index contributed by atoms with van der Waals surface area (Å²) < 4.78 is 0. The lowest BCUT2D eigenvalue weighted by atomic mass is 9.96. The predicted molar refractivity (Wildman–Crippen MR) is 98.6 cm³/mol. The summed E-state index contributed by atoms with van der Waals surface area (Å²) >= 11 is 1.47. The highest BCUT2D eigenvalue weighted by Crippen LogP contribution is 2.29. The van der Waals surface area contributed by atoms with E-state index in [4.69, 9.17) is 5.73 Å². The molecule has 0 aliphatic carbocycles. The Kier molecular flexibility index (Phi) is 5.45. The zero-order valence-corrected chi connectivity index (χ0v) is 15.0. The highest BCUT2D eigenvalue weighted by atomic mass is 32.1. The maximum atomic E-state index is 12.1. The van der Waals surface area contributed by atoms with Crippen molar-refractivity contribution in [3.63, 3.8) is 0 Å². The Balaban J connectivity index is 1.68. The normalized spacial score (nSPS) is 15.9. The van der Waals surface area contributed by atoms with Crippen LogP contribution in [-0.2, 0) is 16.1 Å². The molecule has 25 heavy (non-hydrogen) atoms. The number of carbonyl (C=O) groups excluding carboxylic acids is 2. The summed E-state index contributed by atoms with van der Waals surface area (Å²) in [4.78, 5) is 31.9. The fourth-order valence-corrected chi connectivity index (χ4v) is 3.96. The summed E-state index contributed by atoms with van der Waals surface area (Å²) in [6, 6.07) is 9.53. The summed E-state index contributed by atoms with van der Waals surface area (Å²) in [6.07, 6.45) is 1.60. The Hall–Kier alpha value is -2.25. The first-order valence-corrected chi connectivity index (χ1v) is 9.24. The third kappa shape index (κ3) is 4.24. The molecule has 2 aromatic rings. The van der Waals surface area contributed by atoms with E-state index in [0.717, 1.165) is 43.9 Å². The van der Waals surface area contributed by atoms with E-state index in [-0.39, 0.29) is 17.7 Å². The maximum absolute atomic E-state index is 12.1. The van der Waals surface area contributed by atoms with Crippen LogP contribution in [0.3, 0.4) is 0 Å². The SMILES string of the molecule is CC(=O)N(c1ccccc1)c1nc(CN2CCC(C(N)=O)CC2)cs1. The lowest BCUT2D eigenvalue weighted by Crippen LogP contribution is -2.38. The average Bonchev–Trinajstić information content (AvgIpc) is 3.04. The molecule has 7 heteroatoms. The van der Waals surface area contributed by atoms with Gasteiger partial charge in [-0.25, -0.2) is 4.98 Å². The predicted octanol–water partition coefficient (Wildman–Crippen LogP) is 2.53. The number of para-hydroxylation sites is 1. The molecule has 1 aliphatic rings. The number of thiazole rings is 1. The van der Waals surface area contributed by atoms with Gasteiger partial charge in [0.1, 0.15) is 0 Å². The standard InChI is InChI=1S/C18H22N4O2S/c1-13(23)22(16-5-3-2-4-6-16)18-20-15(12-25-18)11-21-9-7-14(8-10-21)17(19)24/h2-6,12,14H,7-11H2,1H3,(H2,19,24). The summed E-state index contributed by atoms with van der Waals surface area (Å²) in [7, 11) is 0. The number of aromatic nitrogens is 1. The molecule has 0 atom stereocenters. The number of hydrogen-bond acceptors (Lipinski definition) is 5. The number of anilines is 2. The van der Waals surface area contributed by atoms with Crippen molar-refractivity contribution < 1.29 is 9.59 Å². The van der Waals surface area contributed by atoms with Crippen LogP contribution >= 0.6 is 11.3 Å². The van der Waals surface area contributed by atoms with Crippen LogP contribution in [0.2, 0.25) is 0 Å². The number of hydrogen-bond donors (Lipinski definition) is 1. The van der Waals surface area contributed by atoms with Crippen molar-refractivity contribution in [3.8, 4) is 0 Å². The van der Waals surface area contributed by atoms with E-state index in [1.807, 2.05) is 35.7 Å². The minimum atomic E-state index is -0.199. The smallest absolute Gasteiger partial charge is 0.230 e. The van der Waals surface area contributed by atoms with Gasteiger partial charge in [-0.05, 0) is 38.1 Å². The fraction of sp³-hybridized carbons (Fsp3) is 0.389. The van der Waals surface area contributed by atoms with Crippen LogP contribution in [0.25, 0.3) is 0 Å². The molecule has 0 saturated carbocycles. The zero-order valence-electron chi connectivity index (χ0n) is 14.2. The van der Waals surface area contributed by atoms with E-state index in [2.05, 4.69) is 9.88 Å². The molecular weight excluding hydrogens is 336 g/mol. The Labute approximate surface area is 151 Å². The second kappa shape index (κ2) is 7.76. The largest absolute Gasteiger partial charge is 0.369 e. The molecule has 0 bridgehead atoms. The number of nitrogens with zero attached hydrogens (tertiary/aromatic N) is 3. The van der Waals surface area contributed by atoms with Crippen LogP contribution in [0.4, 0.5) is 10.8 Å². The highest BCUT2D eigenvalue weighted by Gasteiger charge is 2.24. The molecule has 1 aromatic heterocycles. The van der Waals surface area contributed by atoms with Crippen molar-refractivity contribution in [1.29, 1.82) is 0 Å². The molecule has 1 aromatic carbocycles. The molecule has 1 saturated heterocycles. The first kappa shape index (κ1) is 17.6. The van der Waals surface area contributed by atoms with Crippen LogP contribution in [0.5, 0.6) is 0 Å². The van der Waals surface area contributed by atoms with Gasteiger partial charge in [0.05, 0.1) is 11.4 Å². The molecule has 0 radical (unpaired) electrons. The number of likely N-dealkylation sites (tertiary alicyclic amines) is 1. The van der Waals surface area contributed by atoms with Crippen molar-refractivity contribution in [2.24, 2.45) is 11.7 Å². The maximum Gasteiger partial charge on any atom is 0.230 e. The molecule has 0 spiro atoms. The number of carbonyl (C=O) groups is 2. The van der Waals surface area contributed by atoms with Crippen molar-refractivity contribution >= 4 is 34.0 Å². The molecular formula is C18H22N4O2S. The highest BCUT2D eigenvalue weighted by molar-refractivity contribution is 7.14. The summed E-state index contributed by atoms with van der Waals surface area (Å²) in [5, 5.41) is 2.68. The molecule has 6 nitrogen and oxygen atoms in total. The second-order valence-electron chi connectivity index (χ2n) is 6.26. The van der Waals surface area contributed by atoms with Crippen LogP contribution in [0, 0.1) is 5.92 Å². The Morgan fingerprint density at radius 2 is 1.96 bits per heavy atom. The van der Waals surface area contributed by atoms with E-state index in [1.165, 1.54) is 11.3 Å². The van der Waals surface area contributed by atoms with Crippen molar-refractivity contribution in [2.75, 3.05) is 18.0 Å². The first-order chi connectivity index (χ1) is 12.0. The number of piperidine rings is 1. The zero-order chi connectivity index (χ0) is 17.8. The number of rotatable bonds is 5. The van der Waals surface area contributed by atoms with E-state index in [0.29, 0.717) is 5.13 Å². The van der Waals surface area contributed by atoms with Crippen LogP contribution in [0.1, 0.15) is 25.5 Å². The number of primary amides is 1. The minimum absolute atomic E-state index is 0.00599. The van der Waals surface area contributed by atoms with Gasteiger partial charge in [0, 0.05) is 24.8 Å². The molecule has 2 amide bonds. The van der Waals surface area contributed by atoms with E-state index in [1.54, 1.807) is 11.8 Å². The summed E-state index contributed by atoms with van der Waals surface area (Å²) in [5.41, 5.74) is 7.14. The fourth-order valence-electron chi connectivity index (χ4n) is 3.08. The molecule has 2 heterocycles. The van der Waals surface area contributed by atoms with Crippen molar-refractivity contribution in [1.82, 2.24) is 9.88 Å². The molecule has 3 rings (SSSR count). The minimum Gasteiger partial charge on any atom is -0.369 e. The Morgan fingerprint density at radius 1 is 1.28 bits per heavy atom. The van der Waals surface area contributed by atoms with Gasteiger partial charge in [0.2, 0.25) is 11.8 Å². The van der Waals surface area contributed by atoms with Gasteiger partial charge >= 0.3 is 0 Å². The second-order valence-corrected chi connectivity index (χ2v) is 7.10. The van der Waals surface area contributed by atoms with E-state index in [9.17, 15) is 9.59 Å². The third-order valence-electron chi connectivity index (χ3n) is 4.44. The lowest BCUT2D eigenvalue weighted by molar-refractivity contribution is -0.123. The average molecular weight is 358 g/mol. The monoisotopic (exact) mass is 358 g/mol. The van der Waals surface area contributed by atoms with Gasteiger partial charge < -0.3 is 5.73 Å². The first-order valence-electron chi connectivity index (χ1n) is 8.36. The Bertz CT molecular complexity index is 739. The van der Waals surface area contributed by atoms with Gasteiger partial charge in [-0.15, -0.1) is 11.3 Å².